The molecule has 0 atom stereocenters. The van der Waals surface area contributed by atoms with Crippen LogP contribution >= 0.6 is 11.6 Å². The fourth-order valence-electron chi connectivity index (χ4n) is 5.63. The zero-order chi connectivity index (χ0) is 43.0. The van der Waals surface area contributed by atoms with Crippen LogP contribution in [0.4, 0.5) is 8.78 Å². The van der Waals surface area contributed by atoms with Gasteiger partial charge in [0.1, 0.15) is 41.8 Å². The third-order valence-electron chi connectivity index (χ3n) is 8.24. The van der Waals surface area contributed by atoms with Gasteiger partial charge in [0.15, 0.2) is 28.9 Å². The largest absolute Gasteiger partial charge is 1.00 e. The Labute approximate surface area is 486 Å². The van der Waals surface area contributed by atoms with Crippen LogP contribution in [0.2, 0.25) is 0 Å². The number of carbonyl (C=O) groups is 3. The molecular weight excluding hydrogens is 915 g/mol. The van der Waals surface area contributed by atoms with E-state index in [1.807, 2.05) is 13.8 Å². The van der Waals surface area contributed by atoms with E-state index in [0.717, 1.165) is 11.4 Å². The second-order valence-corrected chi connectivity index (χ2v) is 13.0. The number of aryl methyl sites for hydroxylation is 4. The fraction of sp³-hybridized carbons (Fsp3) is 0.205. The predicted molar refractivity (Wildman–Crippen MR) is 207 cm³/mol. The van der Waals surface area contributed by atoms with Crippen molar-refractivity contribution in [3.05, 3.63) is 95.6 Å². The molecule has 0 saturated heterocycles. The van der Waals surface area contributed by atoms with E-state index >= 15 is 0 Å². The third-order valence-corrected chi connectivity index (χ3v) is 8.62. The van der Waals surface area contributed by atoms with Crippen LogP contribution < -0.4 is 179 Å². The molecule has 0 unspecified atom stereocenters. The van der Waals surface area contributed by atoms with E-state index in [0.29, 0.717) is 49.7 Å². The van der Waals surface area contributed by atoms with Crippen molar-refractivity contribution >= 4 is 62.5 Å². The Morgan fingerprint density at radius 1 is 0.774 bits per heavy atom. The zero-order valence-electron chi connectivity index (χ0n) is 36.3. The molecule has 8 rings (SSSR count). The summed E-state index contributed by atoms with van der Waals surface area (Å²) in [7, 11) is 0. The van der Waals surface area contributed by atoms with Gasteiger partial charge in [0, 0.05) is 45.0 Å². The fourth-order valence-corrected chi connectivity index (χ4v) is 5.63. The monoisotopic (exact) mass is 950 g/mol. The number of Topliss-reactive ketones (excluding diaryl/α,β-unsaturated/α-hetero) is 2. The number of aromatic nitrogens is 8. The zero-order valence-corrected chi connectivity index (χ0v) is 45.4. The Bertz CT molecular complexity index is 2820. The van der Waals surface area contributed by atoms with Crippen molar-refractivity contribution in [1.82, 2.24) is 39.2 Å². The van der Waals surface area contributed by atoms with Gasteiger partial charge in [-0.05, 0) is 83.5 Å². The number of ketones is 2. The van der Waals surface area contributed by atoms with E-state index in [4.69, 9.17) is 35.9 Å². The van der Waals surface area contributed by atoms with Crippen molar-refractivity contribution < 1.29 is 208 Å². The van der Waals surface area contributed by atoms with Crippen molar-refractivity contribution in [2.75, 3.05) is 12.5 Å². The Morgan fingerprint density at radius 2 is 1.21 bits per heavy atom. The van der Waals surface area contributed by atoms with E-state index in [-0.39, 0.29) is 215 Å². The summed E-state index contributed by atoms with van der Waals surface area (Å²) in [6.07, 6.45) is 5.55. The first kappa shape index (κ1) is 55.9. The Kier molecular flexibility index (Phi) is 23.5. The number of nitrogens with zero attached hydrogens (tertiary/aromatic N) is 6. The molecule has 2 N–H and O–H groups in total. The van der Waals surface area contributed by atoms with E-state index in [9.17, 15) is 23.5 Å². The summed E-state index contributed by atoms with van der Waals surface area (Å²) in [4.78, 5) is 46.4. The molecule has 0 saturated carbocycles. The van der Waals surface area contributed by atoms with Gasteiger partial charge in [0.25, 0.3) is 6.47 Å². The molecule has 2 aromatic carbocycles. The van der Waals surface area contributed by atoms with Gasteiger partial charge in [-0.2, -0.15) is 20.2 Å². The Hall–Kier alpha value is -2.21. The minimum absolute atomic E-state index is 0. The minimum Gasteiger partial charge on any atom is -1.00 e. The number of halogens is 3. The molecule has 0 aliphatic heterocycles. The van der Waals surface area contributed by atoms with E-state index in [1.165, 1.54) is 47.8 Å². The number of hydrogen-bond donors (Lipinski definition) is 2. The molecule has 8 aromatic rings. The maximum absolute atomic E-state index is 14.8. The molecule has 0 aliphatic rings. The molecule has 0 spiro atoms. The maximum Gasteiger partial charge on any atom is 1.00 e. The predicted octanol–water partition coefficient (Wildman–Crippen LogP) is -3.07. The first-order chi connectivity index (χ1) is 28.2. The van der Waals surface area contributed by atoms with Gasteiger partial charge >= 0.3 is 154 Å². The summed E-state index contributed by atoms with van der Waals surface area (Å²) in [5, 5.41) is 29.2. The summed E-state index contributed by atoms with van der Waals surface area (Å²) >= 11 is 4.99. The van der Waals surface area contributed by atoms with Gasteiger partial charge in [0.05, 0.1) is 12.1 Å². The van der Waals surface area contributed by atoms with Gasteiger partial charge in [-0.3, -0.25) is 14.4 Å². The van der Waals surface area contributed by atoms with Crippen LogP contribution in [0.25, 0.3) is 32.8 Å². The average Bonchev–Trinajstić information content (AvgIpc) is 3.96. The molecule has 0 fully saturated rings. The average molecular weight is 952 g/mol. The summed E-state index contributed by atoms with van der Waals surface area (Å²) in [5.41, 5.74) is 5.25. The van der Waals surface area contributed by atoms with Crippen LogP contribution in [0.5, 0.6) is 34.8 Å². The topological polar surface area (TPSA) is 226 Å². The van der Waals surface area contributed by atoms with Crippen molar-refractivity contribution in [3.63, 3.8) is 0 Å². The van der Waals surface area contributed by atoms with E-state index in [2.05, 4.69) is 35.0 Å². The number of fused-ring (bicyclic) bond motifs is 4. The third kappa shape index (κ3) is 13.9. The van der Waals surface area contributed by atoms with Crippen LogP contribution in [-0.2, 0) is 19.3 Å². The molecule has 23 heteroatoms. The van der Waals surface area contributed by atoms with Gasteiger partial charge in [0.2, 0.25) is 11.8 Å². The number of rotatable bonds is 9. The van der Waals surface area contributed by atoms with Gasteiger partial charge < -0.3 is 40.9 Å². The van der Waals surface area contributed by atoms with E-state index in [1.54, 1.807) is 50.4 Å². The minimum atomic E-state index is -0.477. The van der Waals surface area contributed by atoms with Gasteiger partial charge in [-0.25, -0.2) is 17.8 Å². The number of H-pyrrole nitrogens is 2. The van der Waals surface area contributed by atoms with Crippen molar-refractivity contribution in [2.24, 2.45) is 0 Å². The van der Waals surface area contributed by atoms with Crippen LogP contribution in [0, 0.1) is 39.3 Å². The number of hydrogen-bond acceptors (Lipinski definition) is 13. The molecule has 0 bridgehead atoms. The Morgan fingerprint density at radius 3 is 1.63 bits per heavy atom. The molecule has 62 heavy (non-hydrogen) atoms. The number of carbonyl (C=O) groups excluding carboxylic acids is 3. The van der Waals surface area contributed by atoms with Gasteiger partial charge in [-0.1, -0.05) is 5.75 Å². The van der Waals surface area contributed by atoms with E-state index < -0.39 is 11.6 Å². The van der Waals surface area contributed by atoms with Crippen molar-refractivity contribution in [1.29, 1.82) is 0 Å². The number of nitrogens with one attached hydrogen (secondary N) is 2. The summed E-state index contributed by atoms with van der Waals surface area (Å²) in [6, 6.07) is 10.0. The standard InChI is InChI=1S/C19H17FN4O3.C16H13FN4O2.C3H5ClO.CH2O3.3K.H/c1-10-6-13-14(23-10)4-5-15(17(13)20)27-19-18-12(3)16(26-8-11(2)25)7-24(18)22-9-21-19;1-8-5-10-11(20-8)3-4-13(14(10)17)23-16-15-9(2)12(22)6-21(15)19-7-18-16;1-3(5)2-4;2-1-4-3;;;;/h4-7,9,23H,8H2,1-3H3;3-7,20,22H,1-2H3;2H2,1H3;1,3H;;;;/q;;;;3*+1;-1/p-2. The maximum atomic E-state index is 14.8. The van der Waals surface area contributed by atoms with Crippen molar-refractivity contribution in [2.45, 2.75) is 41.5 Å². The molecule has 17 nitrogen and oxygen atoms in total. The van der Waals surface area contributed by atoms with Crippen LogP contribution in [0.1, 0.15) is 37.8 Å². The molecule has 6 aromatic heterocycles. The molecular formula is C39H36ClF2K3N8O9. The van der Waals surface area contributed by atoms with Crippen LogP contribution in [0.15, 0.2) is 61.4 Å². The van der Waals surface area contributed by atoms with Crippen LogP contribution in [-0.4, -0.2) is 69.7 Å². The number of aromatic amines is 2. The smallest absolute Gasteiger partial charge is 1.00 e. The molecule has 0 aliphatic carbocycles. The Balaban J connectivity index is 0.000000505. The first-order valence-electron chi connectivity index (χ1n) is 17.3. The molecule has 310 valence electrons. The summed E-state index contributed by atoms with van der Waals surface area (Å²) in [5.74, 6) is -0.104. The normalized spacial score (nSPS) is 10.1. The number of benzene rings is 2. The summed E-state index contributed by atoms with van der Waals surface area (Å²) in [6.45, 7) is 9.85. The second kappa shape index (κ2) is 26.1. The van der Waals surface area contributed by atoms with Crippen molar-refractivity contribution in [3.8, 4) is 34.8 Å². The first-order valence-corrected chi connectivity index (χ1v) is 17.8. The molecule has 6 heterocycles. The second-order valence-electron chi connectivity index (χ2n) is 12.8. The SMILES string of the molecule is CC(=O)CCl.CC(=O)COc1cn2ncnc(Oc3ccc4[nH]c(C)cc4c3F)c2c1C.Cc1cc2c(F)c(Oc3ncnn4cc([O-])c(C)c34)ccc2[nH]1.O=CO[O-].[H-].[K+].[K+].[K+]. The summed E-state index contributed by atoms with van der Waals surface area (Å²) < 4.78 is 49.3. The number of ether oxygens (including phenoxy) is 3. The number of alkyl halides is 1. The molecule has 0 radical (unpaired) electrons. The van der Waals surface area contributed by atoms with Crippen LogP contribution in [0.3, 0.4) is 0 Å². The van der Waals surface area contributed by atoms with Gasteiger partial charge in [-0.15, -0.1) is 11.6 Å². The quantitative estimate of drug-likeness (QED) is 0.0483. The molecule has 0 amide bonds.